The van der Waals surface area contributed by atoms with Crippen molar-refractivity contribution in [2.24, 2.45) is 11.8 Å². The molecule has 2 amide bonds. The van der Waals surface area contributed by atoms with Crippen LogP contribution in [0.25, 0.3) is 0 Å². The Morgan fingerprint density at radius 1 is 0.962 bits per heavy atom. The zero-order valence-corrected chi connectivity index (χ0v) is 15.5. The Morgan fingerprint density at radius 2 is 1.65 bits per heavy atom. The van der Waals surface area contributed by atoms with Crippen LogP contribution in [0, 0.1) is 11.8 Å². The highest BCUT2D eigenvalue weighted by atomic mass is 16.5. The van der Waals surface area contributed by atoms with Gasteiger partial charge in [-0.15, -0.1) is 0 Å². The molecule has 0 heterocycles. The van der Waals surface area contributed by atoms with Crippen molar-refractivity contribution in [1.29, 1.82) is 0 Å². The number of benzene rings is 1. The summed E-state index contributed by atoms with van der Waals surface area (Å²) >= 11 is 0. The van der Waals surface area contributed by atoms with Crippen molar-refractivity contribution in [3.8, 4) is 11.5 Å². The molecule has 0 aliphatic heterocycles. The predicted octanol–water partition coefficient (Wildman–Crippen LogP) is 3.12. The van der Waals surface area contributed by atoms with E-state index in [2.05, 4.69) is 10.6 Å². The van der Waals surface area contributed by atoms with Crippen LogP contribution < -0.4 is 20.1 Å². The Labute approximate surface area is 154 Å². The van der Waals surface area contributed by atoms with E-state index in [4.69, 9.17) is 9.47 Å². The summed E-state index contributed by atoms with van der Waals surface area (Å²) in [6.45, 7) is 0. The molecule has 2 unspecified atom stereocenters. The molecule has 1 aromatic carbocycles. The van der Waals surface area contributed by atoms with Gasteiger partial charge in [-0.25, -0.2) is 0 Å². The fourth-order valence-electron chi connectivity index (χ4n) is 3.64. The fraction of sp³-hybridized carbons (Fsp3) is 0.600. The second-order valence-electron chi connectivity index (χ2n) is 7.20. The number of carbonyl (C=O) groups is 2. The number of ether oxygens (including phenoxy) is 2. The van der Waals surface area contributed by atoms with Crippen molar-refractivity contribution in [3.05, 3.63) is 18.2 Å². The fourth-order valence-corrected chi connectivity index (χ4v) is 3.64. The zero-order valence-electron chi connectivity index (χ0n) is 15.5. The summed E-state index contributed by atoms with van der Waals surface area (Å²) in [7, 11) is 3.12. The molecule has 2 N–H and O–H groups in total. The Kier molecular flexibility index (Phi) is 6.01. The van der Waals surface area contributed by atoms with Gasteiger partial charge in [0, 0.05) is 12.1 Å². The van der Waals surface area contributed by atoms with Crippen LogP contribution in [0.2, 0.25) is 0 Å². The first kappa shape index (κ1) is 18.5. The molecule has 142 valence electrons. The number of hydrogen-bond donors (Lipinski definition) is 2. The maximum Gasteiger partial charge on any atom is 0.228 e. The topological polar surface area (TPSA) is 76.7 Å². The third kappa shape index (κ3) is 4.48. The summed E-state index contributed by atoms with van der Waals surface area (Å²) in [5.74, 6) is 0.609. The van der Waals surface area contributed by atoms with Gasteiger partial charge in [0.25, 0.3) is 0 Å². The molecule has 6 nitrogen and oxygen atoms in total. The van der Waals surface area contributed by atoms with Crippen molar-refractivity contribution in [2.75, 3.05) is 19.5 Å². The highest BCUT2D eigenvalue weighted by Crippen LogP contribution is 2.41. The van der Waals surface area contributed by atoms with Crippen molar-refractivity contribution in [2.45, 2.75) is 51.0 Å². The first-order chi connectivity index (χ1) is 12.6. The maximum absolute atomic E-state index is 12.5. The van der Waals surface area contributed by atoms with Gasteiger partial charge >= 0.3 is 0 Å². The van der Waals surface area contributed by atoms with Crippen LogP contribution in [0.3, 0.4) is 0 Å². The largest absolute Gasteiger partial charge is 0.497 e. The van der Waals surface area contributed by atoms with E-state index in [0.29, 0.717) is 23.6 Å². The molecule has 3 rings (SSSR count). The third-order valence-corrected chi connectivity index (χ3v) is 5.33. The van der Waals surface area contributed by atoms with Crippen LogP contribution in [0.15, 0.2) is 18.2 Å². The van der Waals surface area contributed by atoms with Gasteiger partial charge < -0.3 is 20.1 Å². The van der Waals surface area contributed by atoms with Gasteiger partial charge in [-0.1, -0.05) is 25.7 Å². The Bertz CT molecular complexity index is 653. The minimum absolute atomic E-state index is 0.0228. The van der Waals surface area contributed by atoms with Gasteiger partial charge in [0.15, 0.2) is 0 Å². The van der Waals surface area contributed by atoms with Gasteiger partial charge in [0.1, 0.15) is 11.5 Å². The summed E-state index contributed by atoms with van der Waals surface area (Å²) in [5, 5.41) is 6.02. The first-order valence-corrected chi connectivity index (χ1v) is 9.45. The monoisotopic (exact) mass is 360 g/mol. The minimum Gasteiger partial charge on any atom is -0.497 e. The second-order valence-corrected chi connectivity index (χ2v) is 7.20. The smallest absolute Gasteiger partial charge is 0.228 e. The Balaban J connectivity index is 1.54. The highest BCUT2D eigenvalue weighted by Gasteiger charge is 2.48. The summed E-state index contributed by atoms with van der Waals surface area (Å²) in [5.41, 5.74) is 0.562. The van der Waals surface area contributed by atoms with E-state index in [1.807, 2.05) is 0 Å². The molecule has 0 spiro atoms. The molecular formula is C20H28N2O4. The molecular weight excluding hydrogens is 332 g/mol. The lowest BCUT2D eigenvalue weighted by molar-refractivity contribution is -0.125. The predicted molar refractivity (Wildman–Crippen MR) is 99.4 cm³/mol. The van der Waals surface area contributed by atoms with Gasteiger partial charge in [-0.2, -0.15) is 0 Å². The molecule has 0 radical (unpaired) electrons. The molecule has 1 aromatic rings. The zero-order chi connectivity index (χ0) is 18.5. The summed E-state index contributed by atoms with van der Waals surface area (Å²) in [6, 6.07) is 5.51. The van der Waals surface area contributed by atoms with E-state index in [-0.39, 0.29) is 29.7 Å². The van der Waals surface area contributed by atoms with Crippen LogP contribution in [-0.4, -0.2) is 32.1 Å². The highest BCUT2D eigenvalue weighted by molar-refractivity contribution is 6.00. The van der Waals surface area contributed by atoms with Crippen LogP contribution in [0.1, 0.15) is 44.9 Å². The van der Waals surface area contributed by atoms with E-state index in [9.17, 15) is 9.59 Å². The number of amides is 2. The Morgan fingerprint density at radius 3 is 2.31 bits per heavy atom. The van der Waals surface area contributed by atoms with Crippen LogP contribution in [0.5, 0.6) is 11.5 Å². The van der Waals surface area contributed by atoms with Crippen LogP contribution in [-0.2, 0) is 9.59 Å². The lowest BCUT2D eigenvalue weighted by Gasteiger charge is -2.16. The van der Waals surface area contributed by atoms with Crippen LogP contribution >= 0.6 is 0 Å². The molecule has 2 atom stereocenters. The molecule has 2 saturated carbocycles. The van der Waals surface area contributed by atoms with Gasteiger partial charge in [0.2, 0.25) is 11.8 Å². The summed E-state index contributed by atoms with van der Waals surface area (Å²) < 4.78 is 10.5. The number of nitrogens with one attached hydrogen (secondary N) is 2. The average Bonchev–Trinajstić information content (AvgIpc) is 3.46. The lowest BCUT2D eigenvalue weighted by Crippen LogP contribution is -2.36. The maximum atomic E-state index is 12.5. The lowest BCUT2D eigenvalue weighted by atomic mass is 10.1. The molecule has 6 heteroatoms. The third-order valence-electron chi connectivity index (χ3n) is 5.33. The number of rotatable bonds is 6. The Hall–Kier alpha value is -2.24. The van der Waals surface area contributed by atoms with E-state index in [0.717, 1.165) is 12.8 Å². The SMILES string of the molecule is COc1ccc(OC)c(NC(=O)C2CC2C(=O)NC2CCCCCC2)c1. The van der Waals surface area contributed by atoms with Crippen molar-refractivity contribution in [1.82, 2.24) is 5.32 Å². The quantitative estimate of drug-likeness (QED) is 0.764. The van der Waals surface area contributed by atoms with Gasteiger partial charge in [-0.05, 0) is 31.4 Å². The normalized spacial score (nSPS) is 22.8. The molecule has 0 bridgehead atoms. The molecule has 0 saturated heterocycles. The molecule has 2 fully saturated rings. The average molecular weight is 360 g/mol. The molecule has 26 heavy (non-hydrogen) atoms. The molecule has 2 aliphatic rings. The second kappa shape index (κ2) is 8.43. The van der Waals surface area contributed by atoms with E-state index in [1.54, 1.807) is 32.4 Å². The molecule has 2 aliphatic carbocycles. The van der Waals surface area contributed by atoms with E-state index >= 15 is 0 Å². The van der Waals surface area contributed by atoms with E-state index < -0.39 is 0 Å². The first-order valence-electron chi connectivity index (χ1n) is 9.45. The van der Waals surface area contributed by atoms with Crippen molar-refractivity contribution >= 4 is 17.5 Å². The minimum atomic E-state index is -0.267. The van der Waals surface area contributed by atoms with E-state index in [1.165, 1.54) is 25.7 Å². The molecule has 0 aromatic heterocycles. The van der Waals surface area contributed by atoms with Gasteiger partial charge in [0.05, 0.1) is 31.7 Å². The number of anilines is 1. The summed E-state index contributed by atoms with van der Waals surface area (Å²) in [4.78, 5) is 25.0. The van der Waals surface area contributed by atoms with Crippen LogP contribution in [0.4, 0.5) is 5.69 Å². The van der Waals surface area contributed by atoms with Crippen molar-refractivity contribution < 1.29 is 19.1 Å². The van der Waals surface area contributed by atoms with Gasteiger partial charge in [-0.3, -0.25) is 9.59 Å². The van der Waals surface area contributed by atoms with Crippen molar-refractivity contribution in [3.63, 3.8) is 0 Å². The number of methoxy groups -OCH3 is 2. The number of carbonyl (C=O) groups excluding carboxylic acids is 2. The number of hydrogen-bond acceptors (Lipinski definition) is 4. The summed E-state index contributed by atoms with van der Waals surface area (Å²) in [6.07, 6.45) is 7.57. The standard InChI is InChI=1S/C20H28N2O4/c1-25-14-9-10-18(26-2)17(11-14)22-20(24)16-12-15(16)19(23)21-13-7-5-3-4-6-8-13/h9-11,13,15-16H,3-8,12H2,1-2H3,(H,21,23)(H,22,24).